The Morgan fingerprint density at radius 3 is 2.67 bits per heavy atom. The van der Waals surface area contributed by atoms with E-state index in [2.05, 4.69) is 28.1 Å². The lowest BCUT2D eigenvalue weighted by Crippen LogP contribution is -2.36. The van der Waals surface area contributed by atoms with Crippen LogP contribution in [0.3, 0.4) is 0 Å². The second-order valence-corrected chi connectivity index (χ2v) is 10.1. The Hall–Kier alpha value is -3.45. The first-order valence-electron chi connectivity index (χ1n) is 11.3. The number of nitriles is 1. The summed E-state index contributed by atoms with van der Waals surface area (Å²) in [7, 11) is 0. The molecule has 0 amide bonds. The number of pyridine rings is 1. The highest BCUT2D eigenvalue weighted by molar-refractivity contribution is 8.05. The summed E-state index contributed by atoms with van der Waals surface area (Å²) in [6, 6.07) is 17.3. The number of aromatic nitrogens is 1. The van der Waals surface area contributed by atoms with Crippen LogP contribution >= 0.6 is 23.4 Å². The van der Waals surface area contributed by atoms with Gasteiger partial charge < -0.3 is 23.9 Å². The third kappa shape index (κ3) is 4.67. The van der Waals surface area contributed by atoms with E-state index in [4.69, 9.17) is 25.5 Å². The molecule has 0 spiro atoms. The fourth-order valence-electron chi connectivity index (χ4n) is 4.27. The van der Waals surface area contributed by atoms with Crippen molar-refractivity contribution in [3.8, 4) is 23.2 Å². The number of aliphatic carboxylic acids is 1. The van der Waals surface area contributed by atoms with Crippen LogP contribution in [-0.4, -0.2) is 59.1 Å². The van der Waals surface area contributed by atoms with E-state index in [1.54, 1.807) is 12.1 Å². The summed E-state index contributed by atoms with van der Waals surface area (Å²) in [4.78, 5) is 17.2. The third-order valence-corrected chi connectivity index (χ3v) is 8.16. The van der Waals surface area contributed by atoms with Gasteiger partial charge in [0.2, 0.25) is 5.88 Å². The maximum absolute atomic E-state index is 11.9. The maximum atomic E-state index is 11.9. The van der Waals surface area contributed by atoms with Crippen molar-refractivity contribution in [1.29, 1.82) is 5.26 Å². The van der Waals surface area contributed by atoms with E-state index >= 15 is 0 Å². The smallest absolute Gasteiger partial charge is 0.342 e. The quantitative estimate of drug-likeness (QED) is 0.442. The summed E-state index contributed by atoms with van der Waals surface area (Å²) in [6.07, 6.45) is 2.79. The molecule has 1 saturated heterocycles. The molecule has 184 valence electrons. The minimum Gasteiger partial charge on any atom is -0.477 e. The Morgan fingerprint density at radius 1 is 1.22 bits per heavy atom. The number of hydrogen-bond donors (Lipinski definition) is 1. The first-order valence-corrected chi connectivity index (χ1v) is 12.6. The summed E-state index contributed by atoms with van der Waals surface area (Å²) < 4.78 is 16.5. The predicted molar refractivity (Wildman–Crippen MR) is 137 cm³/mol. The minimum atomic E-state index is -1.60. The van der Waals surface area contributed by atoms with Gasteiger partial charge >= 0.3 is 5.97 Å². The van der Waals surface area contributed by atoms with E-state index in [0.29, 0.717) is 11.4 Å². The highest BCUT2D eigenvalue weighted by Crippen LogP contribution is 2.53. The highest BCUT2D eigenvalue weighted by Gasteiger charge is 2.52. The van der Waals surface area contributed by atoms with Crippen molar-refractivity contribution in [3.05, 3.63) is 71.5 Å². The average molecular weight is 524 g/mol. The second kappa shape index (κ2) is 10.3. The molecule has 3 aromatic rings. The van der Waals surface area contributed by atoms with Gasteiger partial charge in [-0.3, -0.25) is 0 Å². The highest BCUT2D eigenvalue weighted by atomic mass is 35.5. The molecule has 0 saturated carbocycles. The second-order valence-electron chi connectivity index (χ2n) is 8.27. The molecule has 2 atom stereocenters. The Kier molecular flexibility index (Phi) is 6.92. The molecular formula is C26H22ClN3O5S. The van der Waals surface area contributed by atoms with Crippen LogP contribution in [0.5, 0.6) is 5.88 Å². The number of alkyl halides is 1. The number of halogens is 1. The van der Waals surface area contributed by atoms with E-state index in [9.17, 15) is 15.2 Å². The van der Waals surface area contributed by atoms with Crippen LogP contribution in [0.4, 0.5) is 5.69 Å². The number of carbonyl (C=O) groups is 1. The van der Waals surface area contributed by atoms with Gasteiger partial charge in [0, 0.05) is 41.5 Å². The number of carboxylic acids is 1. The van der Waals surface area contributed by atoms with Gasteiger partial charge in [-0.15, -0.1) is 11.8 Å². The van der Waals surface area contributed by atoms with Crippen LogP contribution in [0.2, 0.25) is 0 Å². The fraction of sp³-hybridized carbons (Fsp3) is 0.269. The number of rotatable bonds is 7. The number of ether oxygens (including phenoxy) is 2. The van der Waals surface area contributed by atoms with E-state index in [1.807, 2.05) is 24.3 Å². The summed E-state index contributed by atoms with van der Waals surface area (Å²) in [5.74, 6) is -0.796. The Morgan fingerprint density at radius 2 is 2.00 bits per heavy atom. The molecule has 0 radical (unpaired) electrons. The molecule has 1 N–H and O–H groups in total. The van der Waals surface area contributed by atoms with Crippen molar-refractivity contribution in [2.75, 3.05) is 37.8 Å². The molecule has 4 heterocycles. The largest absolute Gasteiger partial charge is 0.477 e. The molecule has 8 nitrogen and oxygen atoms in total. The third-order valence-electron chi connectivity index (χ3n) is 6.11. The van der Waals surface area contributed by atoms with E-state index in [1.165, 1.54) is 12.5 Å². The number of carboxylic acid groups (broad SMARTS) is 1. The number of benzene rings is 1. The molecule has 2 aliphatic heterocycles. The van der Waals surface area contributed by atoms with E-state index in [-0.39, 0.29) is 17.1 Å². The lowest BCUT2D eigenvalue weighted by atomic mass is 9.91. The molecule has 2 aromatic heterocycles. The number of thioether (sulfide) groups is 1. The van der Waals surface area contributed by atoms with Crippen LogP contribution in [0.25, 0.3) is 16.8 Å². The number of anilines is 1. The topological polar surface area (TPSA) is 109 Å². The summed E-state index contributed by atoms with van der Waals surface area (Å²) >= 11 is 7.74. The zero-order valence-corrected chi connectivity index (χ0v) is 20.7. The van der Waals surface area contributed by atoms with Crippen LogP contribution in [0, 0.1) is 11.3 Å². The van der Waals surface area contributed by atoms with Gasteiger partial charge in [0.25, 0.3) is 0 Å². The van der Waals surface area contributed by atoms with Crippen molar-refractivity contribution in [2.24, 2.45) is 0 Å². The lowest BCUT2D eigenvalue weighted by molar-refractivity contribution is -0.131. The summed E-state index contributed by atoms with van der Waals surface area (Å²) in [6.45, 7) is 3.18. The number of morpholine rings is 1. The summed E-state index contributed by atoms with van der Waals surface area (Å²) in [5.41, 5.74) is 3.49. The van der Waals surface area contributed by atoms with Crippen molar-refractivity contribution >= 4 is 40.6 Å². The van der Waals surface area contributed by atoms with Gasteiger partial charge in [0.1, 0.15) is 6.61 Å². The first-order chi connectivity index (χ1) is 17.5. The number of hydrogen-bond acceptors (Lipinski definition) is 8. The molecule has 36 heavy (non-hydrogen) atoms. The number of furan rings is 1. The van der Waals surface area contributed by atoms with Crippen molar-refractivity contribution in [1.82, 2.24) is 4.98 Å². The first kappa shape index (κ1) is 24.3. The molecule has 0 aliphatic carbocycles. The zero-order chi connectivity index (χ0) is 25.1. The van der Waals surface area contributed by atoms with Crippen molar-refractivity contribution in [3.63, 3.8) is 0 Å². The van der Waals surface area contributed by atoms with Gasteiger partial charge in [-0.1, -0.05) is 29.8 Å². The van der Waals surface area contributed by atoms with Crippen molar-refractivity contribution in [2.45, 2.75) is 10.1 Å². The molecule has 10 heteroatoms. The number of nitrogens with zero attached hydrogens (tertiary/aromatic N) is 3. The fourth-order valence-corrected chi connectivity index (χ4v) is 5.98. The van der Waals surface area contributed by atoms with Crippen LogP contribution in [0.15, 0.2) is 70.4 Å². The molecule has 1 aromatic carbocycles. The standard InChI is InChI=1S/C26H22ClN3O5S/c27-26(16-28)21(36-24(25(31)32)23(26)18-8-11-34-14-18)15-35-22-3-1-2-20(29-22)17-4-6-19(7-5-17)30-9-12-33-13-10-30/h1-8,11,14,21H,9-10,12-13,15H2,(H,31,32). The monoisotopic (exact) mass is 523 g/mol. The maximum Gasteiger partial charge on any atom is 0.342 e. The van der Waals surface area contributed by atoms with Gasteiger partial charge in [-0.05, 0) is 24.3 Å². The van der Waals surface area contributed by atoms with Crippen LogP contribution < -0.4 is 9.64 Å². The molecule has 1 fully saturated rings. The Bertz CT molecular complexity index is 1320. The van der Waals surface area contributed by atoms with E-state index < -0.39 is 16.1 Å². The summed E-state index contributed by atoms with van der Waals surface area (Å²) in [5, 5.41) is 19.0. The SMILES string of the molecule is N#CC1(Cl)C(c2ccoc2)=C(C(=O)O)SC1COc1cccc(-c2ccc(N3CCOCC3)cc2)n1. The Balaban J connectivity index is 1.31. The van der Waals surface area contributed by atoms with E-state index in [0.717, 1.165) is 55.0 Å². The zero-order valence-electron chi connectivity index (χ0n) is 19.1. The lowest BCUT2D eigenvalue weighted by Gasteiger charge is -2.28. The molecule has 5 rings (SSSR count). The van der Waals surface area contributed by atoms with Gasteiger partial charge in [-0.2, -0.15) is 5.26 Å². The normalized spacial score (nSPS) is 21.9. The number of allylic oxidation sites excluding steroid dienone is 1. The average Bonchev–Trinajstić information content (AvgIpc) is 3.54. The van der Waals surface area contributed by atoms with Crippen LogP contribution in [-0.2, 0) is 9.53 Å². The molecular weight excluding hydrogens is 502 g/mol. The molecule has 2 aliphatic rings. The van der Waals surface area contributed by atoms with Crippen LogP contribution in [0.1, 0.15) is 5.56 Å². The predicted octanol–water partition coefficient (Wildman–Crippen LogP) is 4.67. The minimum absolute atomic E-state index is 0.00335. The van der Waals surface area contributed by atoms with Gasteiger partial charge in [0.15, 0.2) is 4.87 Å². The van der Waals surface area contributed by atoms with Crippen molar-refractivity contribution < 1.29 is 23.8 Å². The molecule has 2 unspecified atom stereocenters. The Labute approximate surface area is 217 Å². The molecule has 0 bridgehead atoms. The van der Waals surface area contributed by atoms with Gasteiger partial charge in [-0.25, -0.2) is 9.78 Å². The van der Waals surface area contributed by atoms with Gasteiger partial charge in [0.05, 0.1) is 47.7 Å².